The third-order valence-corrected chi connectivity index (χ3v) is 4.84. The van der Waals surface area contributed by atoms with Gasteiger partial charge in [-0.3, -0.25) is 0 Å². The molecule has 0 bridgehead atoms. The Labute approximate surface area is 199 Å². The van der Waals surface area contributed by atoms with E-state index in [0.29, 0.717) is 17.9 Å². The first-order valence-corrected chi connectivity index (χ1v) is 11.1. The normalized spacial score (nSPS) is 10.5. The van der Waals surface area contributed by atoms with Crippen LogP contribution in [0.4, 0.5) is 4.79 Å². The van der Waals surface area contributed by atoms with Crippen LogP contribution in [0.5, 0.6) is 11.5 Å². The van der Waals surface area contributed by atoms with Crippen molar-refractivity contribution in [3.8, 4) is 11.5 Å². The fourth-order valence-corrected chi connectivity index (χ4v) is 3.12. The highest BCUT2D eigenvalue weighted by atomic mass is 16.6. The van der Waals surface area contributed by atoms with Gasteiger partial charge >= 0.3 is 12.1 Å². The Hall–Kier alpha value is -3.84. The molecule has 178 valence electrons. The van der Waals surface area contributed by atoms with Gasteiger partial charge in [-0.1, -0.05) is 49.0 Å². The molecular formula is C27H29NO6. The Morgan fingerprint density at radius 2 is 1.74 bits per heavy atom. The molecule has 0 fully saturated rings. The molecule has 0 heterocycles. The van der Waals surface area contributed by atoms with Crippen molar-refractivity contribution in [2.45, 2.75) is 13.3 Å². The van der Waals surface area contributed by atoms with Gasteiger partial charge in [0.15, 0.2) is 0 Å². The Bertz CT molecular complexity index is 1110. The minimum Gasteiger partial charge on any atom is -0.493 e. The Morgan fingerprint density at radius 1 is 0.912 bits per heavy atom. The van der Waals surface area contributed by atoms with Crippen LogP contribution in [0.15, 0.2) is 78.9 Å². The van der Waals surface area contributed by atoms with Gasteiger partial charge in [-0.15, -0.1) is 0 Å². The number of benzene rings is 3. The molecule has 34 heavy (non-hydrogen) atoms. The number of fused-ring (bicyclic) bond motifs is 1. The SMILES string of the molecule is C=C(C)C(=O)OCCOCCNC(=O)Oc1cccc2cc(OCCc3ccccc3)ccc12. The predicted molar refractivity (Wildman–Crippen MR) is 130 cm³/mol. The summed E-state index contributed by atoms with van der Waals surface area (Å²) in [6, 6.07) is 21.4. The number of carbonyl (C=O) groups is 2. The van der Waals surface area contributed by atoms with Crippen molar-refractivity contribution in [1.29, 1.82) is 0 Å². The van der Waals surface area contributed by atoms with Crippen molar-refractivity contribution < 1.29 is 28.5 Å². The monoisotopic (exact) mass is 463 g/mol. The zero-order valence-electron chi connectivity index (χ0n) is 19.3. The maximum Gasteiger partial charge on any atom is 0.412 e. The number of carbonyl (C=O) groups excluding carboxylic acids is 2. The van der Waals surface area contributed by atoms with E-state index in [-0.39, 0.29) is 26.4 Å². The number of hydrogen-bond acceptors (Lipinski definition) is 6. The van der Waals surface area contributed by atoms with E-state index in [9.17, 15) is 9.59 Å². The molecule has 0 aromatic heterocycles. The van der Waals surface area contributed by atoms with Crippen molar-refractivity contribution in [2.75, 3.05) is 33.0 Å². The molecule has 0 atom stereocenters. The van der Waals surface area contributed by atoms with Crippen LogP contribution in [0.1, 0.15) is 12.5 Å². The van der Waals surface area contributed by atoms with Gasteiger partial charge < -0.3 is 24.3 Å². The van der Waals surface area contributed by atoms with Gasteiger partial charge in [0.25, 0.3) is 0 Å². The van der Waals surface area contributed by atoms with Crippen LogP contribution in [0.25, 0.3) is 10.8 Å². The number of nitrogens with one attached hydrogen (secondary N) is 1. The van der Waals surface area contributed by atoms with E-state index in [2.05, 4.69) is 24.0 Å². The molecule has 3 rings (SSSR count). The van der Waals surface area contributed by atoms with E-state index in [1.165, 1.54) is 5.56 Å². The van der Waals surface area contributed by atoms with E-state index in [1.54, 1.807) is 13.0 Å². The van der Waals surface area contributed by atoms with Crippen LogP contribution >= 0.6 is 0 Å². The van der Waals surface area contributed by atoms with Gasteiger partial charge in [-0.05, 0) is 42.1 Å². The van der Waals surface area contributed by atoms with Crippen LogP contribution in [0.2, 0.25) is 0 Å². The van der Waals surface area contributed by atoms with Crippen molar-refractivity contribution in [3.05, 3.63) is 84.4 Å². The van der Waals surface area contributed by atoms with Crippen LogP contribution in [0, 0.1) is 0 Å². The smallest absolute Gasteiger partial charge is 0.412 e. The lowest BCUT2D eigenvalue weighted by Gasteiger charge is -2.11. The summed E-state index contributed by atoms with van der Waals surface area (Å²) in [4.78, 5) is 23.4. The fourth-order valence-electron chi connectivity index (χ4n) is 3.12. The van der Waals surface area contributed by atoms with Crippen LogP contribution < -0.4 is 14.8 Å². The summed E-state index contributed by atoms with van der Waals surface area (Å²) in [7, 11) is 0. The van der Waals surface area contributed by atoms with Crippen LogP contribution in [-0.4, -0.2) is 45.0 Å². The summed E-state index contributed by atoms with van der Waals surface area (Å²) < 4.78 is 21.6. The number of ether oxygens (including phenoxy) is 4. The molecule has 1 N–H and O–H groups in total. The molecule has 7 heteroatoms. The van der Waals surface area contributed by atoms with Crippen LogP contribution in [-0.2, 0) is 20.7 Å². The molecule has 1 amide bonds. The van der Waals surface area contributed by atoms with E-state index < -0.39 is 12.1 Å². The van der Waals surface area contributed by atoms with Crippen LogP contribution in [0.3, 0.4) is 0 Å². The average molecular weight is 464 g/mol. The average Bonchev–Trinajstić information content (AvgIpc) is 2.84. The summed E-state index contributed by atoms with van der Waals surface area (Å²) in [6.07, 6.45) is 0.249. The number of rotatable bonds is 12. The zero-order valence-corrected chi connectivity index (χ0v) is 19.3. The third-order valence-electron chi connectivity index (χ3n) is 4.84. The summed E-state index contributed by atoms with van der Waals surface area (Å²) >= 11 is 0. The van der Waals surface area contributed by atoms with E-state index in [0.717, 1.165) is 22.9 Å². The van der Waals surface area contributed by atoms with Gasteiger partial charge in [-0.2, -0.15) is 0 Å². The molecule has 0 radical (unpaired) electrons. The van der Waals surface area contributed by atoms with Gasteiger partial charge in [0, 0.05) is 23.9 Å². The quantitative estimate of drug-likeness (QED) is 0.238. The molecule has 3 aromatic rings. The van der Waals surface area contributed by atoms with E-state index >= 15 is 0 Å². The maximum absolute atomic E-state index is 12.2. The molecule has 0 aliphatic carbocycles. The van der Waals surface area contributed by atoms with Crippen molar-refractivity contribution in [1.82, 2.24) is 5.32 Å². The summed E-state index contributed by atoms with van der Waals surface area (Å²) in [5, 5.41) is 4.36. The topological polar surface area (TPSA) is 83.1 Å². The lowest BCUT2D eigenvalue weighted by Crippen LogP contribution is -2.30. The van der Waals surface area contributed by atoms with Gasteiger partial charge in [-0.25, -0.2) is 9.59 Å². The predicted octanol–water partition coefficient (Wildman–Crippen LogP) is 4.69. The number of esters is 1. The summed E-state index contributed by atoms with van der Waals surface area (Å²) in [6.45, 7) is 6.54. The van der Waals surface area contributed by atoms with Gasteiger partial charge in [0.1, 0.15) is 18.1 Å². The molecule has 0 unspecified atom stereocenters. The Morgan fingerprint density at radius 3 is 2.53 bits per heavy atom. The van der Waals surface area contributed by atoms with Gasteiger partial charge in [0.2, 0.25) is 0 Å². The lowest BCUT2D eigenvalue weighted by molar-refractivity contribution is -0.140. The zero-order chi connectivity index (χ0) is 24.2. The molecule has 0 saturated heterocycles. The lowest BCUT2D eigenvalue weighted by atomic mass is 10.1. The summed E-state index contributed by atoms with van der Waals surface area (Å²) in [5.74, 6) is 0.765. The molecule has 0 saturated carbocycles. The molecule has 0 spiro atoms. The van der Waals surface area contributed by atoms with Crippen molar-refractivity contribution in [2.24, 2.45) is 0 Å². The second kappa shape index (κ2) is 13.0. The first kappa shape index (κ1) is 24.8. The first-order valence-electron chi connectivity index (χ1n) is 11.1. The molecule has 3 aromatic carbocycles. The Balaban J connectivity index is 1.42. The highest BCUT2D eigenvalue weighted by Crippen LogP contribution is 2.29. The Kier molecular flexibility index (Phi) is 9.49. The number of amides is 1. The molecule has 0 aliphatic rings. The molecular weight excluding hydrogens is 434 g/mol. The minimum atomic E-state index is -0.576. The second-order valence-electron chi connectivity index (χ2n) is 7.57. The largest absolute Gasteiger partial charge is 0.493 e. The minimum absolute atomic E-state index is 0.129. The summed E-state index contributed by atoms with van der Waals surface area (Å²) in [5.41, 5.74) is 1.56. The first-order chi connectivity index (χ1) is 16.5. The highest BCUT2D eigenvalue weighted by Gasteiger charge is 2.09. The second-order valence-corrected chi connectivity index (χ2v) is 7.57. The number of hydrogen-bond donors (Lipinski definition) is 1. The van der Waals surface area contributed by atoms with E-state index in [1.807, 2.05) is 48.5 Å². The van der Waals surface area contributed by atoms with Gasteiger partial charge in [0.05, 0.1) is 19.8 Å². The maximum atomic E-state index is 12.2. The van der Waals surface area contributed by atoms with Crippen molar-refractivity contribution in [3.63, 3.8) is 0 Å². The molecule has 7 nitrogen and oxygen atoms in total. The van der Waals surface area contributed by atoms with E-state index in [4.69, 9.17) is 18.9 Å². The highest BCUT2D eigenvalue weighted by molar-refractivity contribution is 5.91. The molecule has 0 aliphatic heterocycles. The van der Waals surface area contributed by atoms with Crippen molar-refractivity contribution >= 4 is 22.8 Å². The third kappa shape index (κ3) is 7.94. The standard InChI is InChI=1S/C27H29NO6/c1-20(2)26(29)33-18-17-31-16-14-28-27(30)34-25-10-6-9-22-19-23(11-12-24(22)25)32-15-13-21-7-4-3-5-8-21/h3-12,19H,1,13-18H2,2H3,(H,28,30). The fraction of sp³-hybridized carbons (Fsp3) is 0.259.